The van der Waals surface area contributed by atoms with Gasteiger partial charge in [-0.25, -0.2) is 0 Å². The first-order valence-electron chi connectivity index (χ1n) is 15.0. The van der Waals surface area contributed by atoms with Gasteiger partial charge in [-0.3, -0.25) is 14.4 Å². The smallest absolute Gasteiger partial charge is 0.320 e. The summed E-state index contributed by atoms with van der Waals surface area (Å²) in [6.07, 6.45) is 3.27. The maximum absolute atomic E-state index is 14.3. The average molecular weight is 591 g/mol. The number of nitrogens with zero attached hydrogens (tertiary/aromatic N) is 1. The molecule has 43 heavy (non-hydrogen) atoms. The molecule has 0 unspecified atom stereocenters. The van der Waals surface area contributed by atoms with Crippen molar-refractivity contribution in [3.63, 3.8) is 0 Å². The number of nitrogens with one attached hydrogen (secondary N) is 1. The van der Waals surface area contributed by atoms with Gasteiger partial charge in [-0.15, -0.1) is 0 Å². The maximum Gasteiger partial charge on any atom is 0.320 e. The first-order chi connectivity index (χ1) is 20.7. The Morgan fingerprint density at radius 3 is 2.37 bits per heavy atom. The van der Waals surface area contributed by atoms with Crippen molar-refractivity contribution in [2.24, 2.45) is 23.2 Å². The highest BCUT2D eigenvalue weighted by Gasteiger charge is 2.63. The zero-order chi connectivity index (χ0) is 30.7. The molecule has 2 aliphatic heterocycles. The molecule has 2 amide bonds. The lowest BCUT2D eigenvalue weighted by Crippen LogP contribution is -2.61. The summed E-state index contributed by atoms with van der Waals surface area (Å²) in [5, 5.41) is 2.95. The van der Waals surface area contributed by atoms with Crippen molar-refractivity contribution >= 4 is 17.8 Å². The number of hydrogen-bond donors (Lipinski definition) is 1. The second kappa shape index (κ2) is 12.8. The van der Waals surface area contributed by atoms with Crippen LogP contribution in [0.15, 0.2) is 60.3 Å². The molecule has 0 spiro atoms. The van der Waals surface area contributed by atoms with Gasteiger partial charge in [0.15, 0.2) is 11.5 Å². The van der Waals surface area contributed by atoms with Crippen molar-refractivity contribution in [2.45, 2.75) is 64.8 Å². The Morgan fingerprint density at radius 2 is 1.74 bits per heavy atom. The molecule has 0 bridgehead atoms. The van der Waals surface area contributed by atoms with Gasteiger partial charge in [0.1, 0.15) is 5.41 Å². The van der Waals surface area contributed by atoms with Crippen molar-refractivity contribution in [2.75, 3.05) is 21.3 Å². The summed E-state index contributed by atoms with van der Waals surface area (Å²) >= 11 is 0. The zero-order valence-corrected chi connectivity index (χ0v) is 25.6. The van der Waals surface area contributed by atoms with E-state index in [0.717, 1.165) is 24.0 Å². The Hall–Kier alpha value is -3.85. The second-order valence-corrected chi connectivity index (χ2v) is 12.1. The number of fused-ring (bicyclic) bond motifs is 1. The van der Waals surface area contributed by atoms with E-state index in [2.05, 4.69) is 19.2 Å². The van der Waals surface area contributed by atoms with Gasteiger partial charge in [-0.1, -0.05) is 50.2 Å². The Labute approximate surface area is 253 Å². The van der Waals surface area contributed by atoms with Crippen LogP contribution in [-0.2, 0) is 36.9 Å². The number of hydrogen-bond acceptors (Lipinski definition) is 7. The number of methoxy groups -OCH3 is 3. The van der Waals surface area contributed by atoms with Crippen LogP contribution in [0, 0.1) is 23.2 Å². The predicted octanol–water partition coefficient (Wildman–Crippen LogP) is 4.64. The SMILES string of the molecule is COC(=O)[C@]12C[C@H](CC(=O)NCc3ccc(OC)c(OC)c3)C(=O)N(Cc3ccccc3)C1=C[C@H](C(C)C)O[C@@H]2C1CC1. The minimum atomic E-state index is -1.18. The molecule has 2 heterocycles. The summed E-state index contributed by atoms with van der Waals surface area (Å²) in [5.41, 5.74) is 1.23. The number of rotatable bonds is 11. The molecule has 1 N–H and O–H groups in total. The standard InChI is InChI=1S/C34H42N2O7/c1-21(2)27-17-29-34(33(39)42-5,31(43-27)24-12-13-24)18-25(32(38)36(29)20-22-9-7-6-8-10-22)16-30(37)35-19-23-11-14-26(40-3)28(15-23)41-4/h6-11,14-15,17,21,24-25,27,31H,12-13,16,18-20H2,1-5H3,(H,35,37)/t25-,27+,31+,34+/m0/s1. The van der Waals surface area contributed by atoms with Crippen molar-refractivity contribution in [3.05, 3.63) is 71.4 Å². The number of ether oxygens (including phenoxy) is 4. The zero-order valence-electron chi connectivity index (χ0n) is 25.6. The number of piperidine rings is 1. The van der Waals surface area contributed by atoms with Crippen LogP contribution in [0.1, 0.15) is 50.7 Å². The molecule has 1 aliphatic carbocycles. The predicted molar refractivity (Wildman–Crippen MR) is 160 cm³/mol. The third-order valence-electron chi connectivity index (χ3n) is 8.85. The lowest BCUT2D eigenvalue weighted by Gasteiger charge is -2.53. The lowest BCUT2D eigenvalue weighted by atomic mass is 9.64. The molecule has 4 atom stereocenters. The fraction of sp³-hybridized carbons (Fsp3) is 0.500. The number of carbonyl (C=O) groups excluding carboxylic acids is 3. The third kappa shape index (κ3) is 6.13. The number of amides is 2. The van der Waals surface area contributed by atoms with E-state index >= 15 is 0 Å². The average Bonchev–Trinajstić information content (AvgIpc) is 3.87. The van der Waals surface area contributed by atoms with Crippen molar-refractivity contribution in [1.82, 2.24) is 10.2 Å². The summed E-state index contributed by atoms with van der Waals surface area (Å²) in [6.45, 7) is 4.70. The number of benzene rings is 2. The fourth-order valence-corrected chi connectivity index (χ4v) is 6.47. The van der Waals surface area contributed by atoms with Crippen LogP contribution in [-0.4, -0.2) is 56.2 Å². The van der Waals surface area contributed by atoms with Gasteiger partial charge in [0.25, 0.3) is 0 Å². The topological polar surface area (TPSA) is 103 Å². The highest BCUT2D eigenvalue weighted by atomic mass is 16.5. The summed E-state index contributed by atoms with van der Waals surface area (Å²) in [4.78, 5) is 43.2. The Morgan fingerprint density at radius 1 is 1.02 bits per heavy atom. The van der Waals surface area contributed by atoms with E-state index in [0.29, 0.717) is 17.2 Å². The van der Waals surface area contributed by atoms with E-state index in [1.807, 2.05) is 42.5 Å². The van der Waals surface area contributed by atoms with Crippen LogP contribution in [0.3, 0.4) is 0 Å². The molecule has 2 aromatic rings. The number of esters is 1. The number of carbonyl (C=O) groups is 3. The van der Waals surface area contributed by atoms with Crippen molar-refractivity contribution in [3.8, 4) is 11.5 Å². The Kier molecular flexibility index (Phi) is 9.11. The van der Waals surface area contributed by atoms with Gasteiger partial charge >= 0.3 is 5.97 Å². The normalized spacial score (nSPS) is 25.1. The first-order valence-corrected chi connectivity index (χ1v) is 15.0. The molecular weight excluding hydrogens is 548 g/mol. The minimum absolute atomic E-state index is 0.0611. The summed E-state index contributed by atoms with van der Waals surface area (Å²) < 4.78 is 22.8. The Balaban J connectivity index is 1.46. The van der Waals surface area contributed by atoms with Gasteiger partial charge in [0.05, 0.1) is 40.1 Å². The van der Waals surface area contributed by atoms with Gasteiger partial charge in [-0.2, -0.15) is 0 Å². The van der Waals surface area contributed by atoms with Crippen LogP contribution < -0.4 is 14.8 Å². The third-order valence-corrected chi connectivity index (χ3v) is 8.85. The minimum Gasteiger partial charge on any atom is -0.493 e. The molecule has 9 nitrogen and oxygen atoms in total. The van der Waals surface area contributed by atoms with E-state index in [9.17, 15) is 14.4 Å². The van der Waals surface area contributed by atoms with E-state index in [-0.39, 0.29) is 55.7 Å². The van der Waals surface area contributed by atoms with E-state index in [1.165, 1.54) is 7.11 Å². The largest absolute Gasteiger partial charge is 0.493 e. The van der Waals surface area contributed by atoms with E-state index < -0.39 is 23.4 Å². The van der Waals surface area contributed by atoms with Crippen molar-refractivity contribution < 1.29 is 33.3 Å². The molecule has 2 fully saturated rings. The van der Waals surface area contributed by atoms with Crippen LogP contribution in [0.25, 0.3) is 0 Å². The molecule has 2 aromatic carbocycles. The summed E-state index contributed by atoms with van der Waals surface area (Å²) in [5.74, 6) is -0.0930. The molecule has 0 aromatic heterocycles. The molecule has 3 aliphatic rings. The molecule has 1 saturated carbocycles. The van der Waals surface area contributed by atoms with Crippen LogP contribution in [0.4, 0.5) is 0 Å². The molecule has 230 valence electrons. The van der Waals surface area contributed by atoms with E-state index in [1.54, 1.807) is 31.3 Å². The van der Waals surface area contributed by atoms with Gasteiger partial charge < -0.3 is 29.2 Å². The van der Waals surface area contributed by atoms with Gasteiger partial charge in [0.2, 0.25) is 11.8 Å². The quantitative estimate of drug-likeness (QED) is 0.381. The van der Waals surface area contributed by atoms with Crippen LogP contribution >= 0.6 is 0 Å². The fourth-order valence-electron chi connectivity index (χ4n) is 6.47. The second-order valence-electron chi connectivity index (χ2n) is 12.1. The highest BCUT2D eigenvalue weighted by molar-refractivity contribution is 5.92. The van der Waals surface area contributed by atoms with Crippen LogP contribution in [0.5, 0.6) is 11.5 Å². The molecular formula is C34H42N2O7. The molecule has 5 rings (SSSR count). The molecule has 0 radical (unpaired) electrons. The van der Waals surface area contributed by atoms with Gasteiger partial charge in [0, 0.05) is 24.6 Å². The lowest BCUT2D eigenvalue weighted by molar-refractivity contribution is -0.182. The Bertz CT molecular complexity index is 1370. The van der Waals surface area contributed by atoms with Crippen molar-refractivity contribution in [1.29, 1.82) is 0 Å². The highest BCUT2D eigenvalue weighted by Crippen LogP contribution is 2.56. The van der Waals surface area contributed by atoms with E-state index in [4.69, 9.17) is 18.9 Å². The van der Waals surface area contributed by atoms with Crippen LogP contribution in [0.2, 0.25) is 0 Å². The maximum atomic E-state index is 14.3. The molecule has 9 heteroatoms. The molecule has 1 saturated heterocycles. The monoisotopic (exact) mass is 590 g/mol. The number of likely N-dealkylation sites (tertiary alicyclic amines) is 1. The summed E-state index contributed by atoms with van der Waals surface area (Å²) in [7, 11) is 4.51. The van der Waals surface area contributed by atoms with Gasteiger partial charge in [-0.05, 0) is 60.4 Å². The summed E-state index contributed by atoms with van der Waals surface area (Å²) in [6, 6.07) is 15.2. The first kappa shape index (κ1) is 30.6.